The molecule has 0 amide bonds. The summed E-state index contributed by atoms with van der Waals surface area (Å²) in [7, 11) is 0. The highest BCUT2D eigenvalue weighted by molar-refractivity contribution is 5.72. The summed E-state index contributed by atoms with van der Waals surface area (Å²) in [5, 5.41) is 3.31. The maximum absolute atomic E-state index is 11.8. The number of esters is 1. The van der Waals surface area contributed by atoms with Crippen molar-refractivity contribution in [1.82, 2.24) is 5.32 Å². The minimum absolute atomic E-state index is 0.118. The molecule has 2 rings (SSSR count). The molecule has 0 radical (unpaired) electrons. The van der Waals surface area contributed by atoms with E-state index in [1.807, 2.05) is 24.3 Å². The topological polar surface area (TPSA) is 38.3 Å². The molecule has 1 atom stereocenters. The van der Waals surface area contributed by atoms with Crippen LogP contribution in [0.4, 0.5) is 0 Å². The third-order valence-corrected chi connectivity index (χ3v) is 3.42. The second-order valence-electron chi connectivity index (χ2n) is 4.89. The third-order valence-electron chi connectivity index (χ3n) is 3.42. The van der Waals surface area contributed by atoms with Crippen molar-refractivity contribution in [3.8, 4) is 5.75 Å². The summed E-state index contributed by atoms with van der Waals surface area (Å²) < 4.78 is 5.35. The van der Waals surface area contributed by atoms with Gasteiger partial charge in [-0.15, -0.1) is 0 Å². The van der Waals surface area contributed by atoms with Gasteiger partial charge in [0.1, 0.15) is 5.75 Å². The molecule has 1 saturated heterocycles. The third kappa shape index (κ3) is 3.84. The molecular formula is C15H21NO2. The summed E-state index contributed by atoms with van der Waals surface area (Å²) in [6, 6.07) is 7.75. The molecule has 1 aromatic rings. The Bertz CT molecular complexity index is 380. The number of carbonyl (C=O) groups is 1. The molecule has 1 aliphatic heterocycles. The average Bonchev–Trinajstić information content (AvgIpc) is 2.40. The van der Waals surface area contributed by atoms with Gasteiger partial charge >= 0.3 is 5.97 Å². The number of ether oxygens (including phenoxy) is 1. The molecule has 1 fully saturated rings. The van der Waals surface area contributed by atoms with E-state index >= 15 is 0 Å². The Morgan fingerprint density at radius 2 is 2.17 bits per heavy atom. The fourth-order valence-electron chi connectivity index (χ4n) is 2.30. The summed E-state index contributed by atoms with van der Waals surface area (Å²) in [5.74, 6) is 0.968. The first-order chi connectivity index (χ1) is 8.78. The van der Waals surface area contributed by atoms with Gasteiger partial charge in [0, 0.05) is 6.42 Å². The molecule has 3 heteroatoms. The number of hydrogen-bond donors (Lipinski definition) is 1. The smallest absolute Gasteiger partial charge is 0.311 e. The maximum atomic E-state index is 11.8. The Labute approximate surface area is 109 Å². The molecule has 3 nitrogen and oxygen atoms in total. The molecule has 0 bridgehead atoms. The lowest BCUT2D eigenvalue weighted by Gasteiger charge is -2.21. The van der Waals surface area contributed by atoms with E-state index in [1.54, 1.807) is 0 Å². The van der Waals surface area contributed by atoms with E-state index in [4.69, 9.17) is 4.74 Å². The van der Waals surface area contributed by atoms with Crippen LogP contribution >= 0.6 is 0 Å². The fraction of sp³-hybridized carbons (Fsp3) is 0.533. The van der Waals surface area contributed by atoms with E-state index in [1.165, 1.54) is 5.56 Å². The molecule has 0 saturated carbocycles. The van der Waals surface area contributed by atoms with Gasteiger partial charge in [-0.25, -0.2) is 0 Å². The molecule has 1 N–H and O–H groups in total. The van der Waals surface area contributed by atoms with Crippen LogP contribution in [0.3, 0.4) is 0 Å². The van der Waals surface area contributed by atoms with Gasteiger partial charge in [-0.1, -0.05) is 19.1 Å². The van der Waals surface area contributed by atoms with Gasteiger partial charge in [0.15, 0.2) is 0 Å². The summed E-state index contributed by atoms with van der Waals surface area (Å²) in [6.07, 6.45) is 3.80. The summed E-state index contributed by atoms with van der Waals surface area (Å²) >= 11 is 0. The first kappa shape index (κ1) is 13.1. The molecule has 1 heterocycles. The number of benzene rings is 1. The first-order valence-corrected chi connectivity index (χ1v) is 6.78. The number of nitrogens with one attached hydrogen (secondary N) is 1. The molecule has 0 aromatic heterocycles. The minimum atomic E-state index is -0.118. The Kier molecular flexibility index (Phi) is 4.76. The lowest BCUT2D eigenvalue weighted by atomic mass is 9.96. The lowest BCUT2D eigenvalue weighted by molar-refractivity contribution is -0.135. The molecule has 98 valence electrons. The zero-order valence-corrected chi connectivity index (χ0v) is 10.9. The monoisotopic (exact) mass is 247 g/mol. The Hall–Kier alpha value is -1.35. The van der Waals surface area contributed by atoms with E-state index in [0.717, 1.165) is 32.4 Å². The largest absolute Gasteiger partial charge is 0.427 e. The van der Waals surface area contributed by atoms with Crippen LogP contribution in [-0.4, -0.2) is 19.1 Å². The van der Waals surface area contributed by atoms with Crippen LogP contribution in [0.15, 0.2) is 24.3 Å². The van der Waals surface area contributed by atoms with Crippen molar-refractivity contribution in [2.45, 2.75) is 32.6 Å². The number of rotatable bonds is 4. The van der Waals surface area contributed by atoms with Crippen LogP contribution in [0, 0.1) is 5.92 Å². The molecule has 1 unspecified atom stereocenters. The van der Waals surface area contributed by atoms with Crippen molar-refractivity contribution in [2.75, 3.05) is 13.1 Å². The van der Waals surface area contributed by atoms with Gasteiger partial charge in [-0.05, 0) is 56.0 Å². The van der Waals surface area contributed by atoms with Crippen LogP contribution in [0.25, 0.3) is 0 Å². The highest BCUT2D eigenvalue weighted by Gasteiger charge is 2.17. The normalized spacial score (nSPS) is 19.5. The van der Waals surface area contributed by atoms with E-state index in [-0.39, 0.29) is 5.97 Å². The van der Waals surface area contributed by atoms with Crippen LogP contribution in [0.2, 0.25) is 0 Å². The zero-order chi connectivity index (χ0) is 12.8. The van der Waals surface area contributed by atoms with E-state index in [0.29, 0.717) is 18.1 Å². The van der Waals surface area contributed by atoms with Crippen molar-refractivity contribution in [2.24, 2.45) is 5.92 Å². The van der Waals surface area contributed by atoms with Crippen molar-refractivity contribution in [3.05, 3.63) is 29.8 Å². The highest BCUT2D eigenvalue weighted by Crippen LogP contribution is 2.17. The number of piperidine rings is 1. The van der Waals surface area contributed by atoms with Gasteiger partial charge in [0.05, 0.1) is 0 Å². The molecule has 1 aliphatic rings. The molecule has 18 heavy (non-hydrogen) atoms. The minimum Gasteiger partial charge on any atom is -0.427 e. The molecule has 1 aromatic carbocycles. The van der Waals surface area contributed by atoms with Crippen LogP contribution < -0.4 is 10.1 Å². The van der Waals surface area contributed by atoms with Gasteiger partial charge in [0.25, 0.3) is 0 Å². The second-order valence-corrected chi connectivity index (χ2v) is 4.89. The number of hydrogen-bond acceptors (Lipinski definition) is 3. The number of aryl methyl sites for hydroxylation is 1. The second kappa shape index (κ2) is 6.55. The van der Waals surface area contributed by atoms with Crippen molar-refractivity contribution < 1.29 is 9.53 Å². The Morgan fingerprint density at radius 1 is 1.39 bits per heavy atom. The molecule has 0 aliphatic carbocycles. The van der Waals surface area contributed by atoms with Gasteiger partial charge in [0.2, 0.25) is 0 Å². The van der Waals surface area contributed by atoms with E-state index in [2.05, 4.69) is 12.2 Å². The number of carbonyl (C=O) groups excluding carboxylic acids is 1. The SMILES string of the molecule is CCc1ccc(OC(=O)CC2CCCNC2)cc1. The van der Waals surface area contributed by atoms with Crippen molar-refractivity contribution >= 4 is 5.97 Å². The fourth-order valence-corrected chi connectivity index (χ4v) is 2.30. The van der Waals surface area contributed by atoms with Crippen LogP contribution in [-0.2, 0) is 11.2 Å². The van der Waals surface area contributed by atoms with E-state index in [9.17, 15) is 4.79 Å². The average molecular weight is 247 g/mol. The lowest BCUT2D eigenvalue weighted by Crippen LogP contribution is -2.31. The predicted octanol–water partition coefficient (Wildman–Crippen LogP) is 2.54. The zero-order valence-electron chi connectivity index (χ0n) is 10.9. The van der Waals surface area contributed by atoms with E-state index < -0.39 is 0 Å². The summed E-state index contributed by atoms with van der Waals surface area (Å²) in [4.78, 5) is 11.8. The Morgan fingerprint density at radius 3 is 2.78 bits per heavy atom. The van der Waals surface area contributed by atoms with Crippen molar-refractivity contribution in [1.29, 1.82) is 0 Å². The van der Waals surface area contributed by atoms with Gasteiger partial charge < -0.3 is 10.1 Å². The molecule has 0 spiro atoms. The van der Waals surface area contributed by atoms with Crippen LogP contribution in [0.1, 0.15) is 31.7 Å². The molecular weight excluding hydrogens is 226 g/mol. The predicted molar refractivity (Wildman–Crippen MR) is 71.7 cm³/mol. The van der Waals surface area contributed by atoms with Crippen molar-refractivity contribution in [3.63, 3.8) is 0 Å². The van der Waals surface area contributed by atoms with Gasteiger partial charge in [-0.3, -0.25) is 4.79 Å². The summed E-state index contributed by atoms with van der Waals surface area (Å²) in [6.45, 7) is 4.12. The summed E-state index contributed by atoms with van der Waals surface area (Å²) in [5.41, 5.74) is 1.26. The quantitative estimate of drug-likeness (QED) is 0.656. The maximum Gasteiger partial charge on any atom is 0.311 e. The van der Waals surface area contributed by atoms with Gasteiger partial charge in [-0.2, -0.15) is 0 Å². The highest BCUT2D eigenvalue weighted by atomic mass is 16.5. The first-order valence-electron chi connectivity index (χ1n) is 6.78. The van der Waals surface area contributed by atoms with Crippen LogP contribution in [0.5, 0.6) is 5.75 Å². The standard InChI is InChI=1S/C15H21NO2/c1-2-12-5-7-14(8-6-12)18-15(17)10-13-4-3-9-16-11-13/h5-8,13,16H,2-4,9-11H2,1H3. The Balaban J connectivity index is 1.82.